The summed E-state index contributed by atoms with van der Waals surface area (Å²) in [6.45, 7) is 2.99. The lowest BCUT2D eigenvalue weighted by Crippen LogP contribution is -2.36. The van der Waals surface area contributed by atoms with Crippen LogP contribution in [0, 0.1) is 10.1 Å². The van der Waals surface area contributed by atoms with Crippen LogP contribution in [-0.4, -0.2) is 42.1 Å². The first kappa shape index (κ1) is 18.6. The van der Waals surface area contributed by atoms with E-state index in [0.717, 1.165) is 34.5 Å². The number of hydrogen-bond donors (Lipinski definition) is 1. The molecule has 1 saturated heterocycles. The number of benzene rings is 2. The Bertz CT molecular complexity index is 1060. The number of nitro groups is 1. The van der Waals surface area contributed by atoms with E-state index in [4.69, 9.17) is 16.3 Å². The number of carbonyl (C=O) groups excluding carboxylic acids is 1. The summed E-state index contributed by atoms with van der Waals surface area (Å²) in [5, 5.41) is 14.5. The molecular formula is C18H15ClN4O4S. The third-order valence-electron chi connectivity index (χ3n) is 4.32. The van der Waals surface area contributed by atoms with Gasteiger partial charge in [0.25, 0.3) is 11.6 Å². The normalized spacial score (nSPS) is 14.2. The Morgan fingerprint density at radius 3 is 2.75 bits per heavy atom. The molecule has 0 spiro atoms. The Labute approximate surface area is 168 Å². The van der Waals surface area contributed by atoms with Crippen LogP contribution < -0.4 is 10.2 Å². The van der Waals surface area contributed by atoms with Gasteiger partial charge in [-0.2, -0.15) is 0 Å². The van der Waals surface area contributed by atoms with E-state index in [1.165, 1.54) is 12.1 Å². The molecule has 1 fully saturated rings. The Hall–Kier alpha value is -2.75. The van der Waals surface area contributed by atoms with Crippen LogP contribution in [0.2, 0.25) is 5.02 Å². The van der Waals surface area contributed by atoms with Crippen LogP contribution in [0.15, 0.2) is 36.4 Å². The summed E-state index contributed by atoms with van der Waals surface area (Å²) < 4.78 is 6.32. The van der Waals surface area contributed by atoms with Crippen molar-refractivity contribution in [2.45, 2.75) is 0 Å². The largest absolute Gasteiger partial charge is 0.378 e. The molecule has 0 saturated carbocycles. The minimum absolute atomic E-state index is 0.0279. The number of halogens is 1. The van der Waals surface area contributed by atoms with Gasteiger partial charge in [-0.3, -0.25) is 14.9 Å². The number of non-ortho nitro benzene ring substituents is 1. The zero-order chi connectivity index (χ0) is 19.7. The minimum atomic E-state index is -0.558. The zero-order valence-corrected chi connectivity index (χ0v) is 16.1. The van der Waals surface area contributed by atoms with Crippen LogP contribution in [-0.2, 0) is 4.74 Å². The number of hydrogen-bond acceptors (Lipinski definition) is 7. The maximum Gasteiger partial charge on any atom is 0.270 e. The van der Waals surface area contributed by atoms with Crippen molar-refractivity contribution in [2.75, 3.05) is 36.5 Å². The van der Waals surface area contributed by atoms with E-state index < -0.39 is 10.8 Å². The molecule has 0 atom stereocenters. The molecule has 2 heterocycles. The number of rotatable bonds is 4. The standard InChI is InChI=1S/C18H15ClN4O4S/c19-14-10-12(23(25)26)2-3-13(14)17(24)20-11-1-4-15-16(9-11)28-18(21-15)22-5-7-27-8-6-22/h1-4,9-10H,5-8H2,(H,20,24). The average Bonchev–Trinajstić information content (AvgIpc) is 3.12. The molecule has 3 aromatic rings. The number of carbonyl (C=O) groups is 1. The molecule has 1 aliphatic heterocycles. The molecule has 10 heteroatoms. The SMILES string of the molecule is O=C(Nc1ccc2nc(N3CCOCC3)sc2c1)c1ccc([N+](=O)[O-])cc1Cl. The number of aromatic nitrogens is 1. The van der Waals surface area contributed by atoms with Gasteiger partial charge >= 0.3 is 0 Å². The second kappa shape index (κ2) is 7.70. The van der Waals surface area contributed by atoms with Gasteiger partial charge in [-0.1, -0.05) is 22.9 Å². The van der Waals surface area contributed by atoms with Crippen molar-refractivity contribution in [3.8, 4) is 0 Å². The molecule has 8 nitrogen and oxygen atoms in total. The molecule has 4 rings (SSSR count). The summed E-state index contributed by atoms with van der Waals surface area (Å²) >= 11 is 7.59. The van der Waals surface area contributed by atoms with E-state index in [2.05, 4.69) is 15.2 Å². The third-order valence-corrected chi connectivity index (χ3v) is 5.72. The first-order valence-electron chi connectivity index (χ1n) is 8.50. The van der Waals surface area contributed by atoms with Crippen molar-refractivity contribution in [1.29, 1.82) is 0 Å². The number of nitrogens with zero attached hydrogens (tertiary/aromatic N) is 3. The summed E-state index contributed by atoms with van der Waals surface area (Å²) in [4.78, 5) is 29.6. The van der Waals surface area contributed by atoms with Gasteiger partial charge < -0.3 is 15.0 Å². The van der Waals surface area contributed by atoms with Crippen molar-refractivity contribution in [3.63, 3.8) is 0 Å². The lowest BCUT2D eigenvalue weighted by atomic mass is 10.2. The third kappa shape index (κ3) is 3.77. The molecule has 2 aromatic carbocycles. The van der Waals surface area contributed by atoms with Crippen LogP contribution in [0.5, 0.6) is 0 Å². The number of nitro benzene ring substituents is 1. The monoisotopic (exact) mass is 418 g/mol. The lowest BCUT2D eigenvalue weighted by Gasteiger charge is -2.25. The van der Waals surface area contributed by atoms with Gasteiger partial charge in [-0.25, -0.2) is 4.98 Å². The molecule has 28 heavy (non-hydrogen) atoms. The van der Waals surface area contributed by atoms with E-state index in [0.29, 0.717) is 18.9 Å². The fourth-order valence-electron chi connectivity index (χ4n) is 2.88. The number of nitrogens with one attached hydrogen (secondary N) is 1. The van der Waals surface area contributed by atoms with Crippen molar-refractivity contribution in [1.82, 2.24) is 4.98 Å². The number of fused-ring (bicyclic) bond motifs is 1. The van der Waals surface area contributed by atoms with E-state index >= 15 is 0 Å². The van der Waals surface area contributed by atoms with Crippen molar-refractivity contribution in [2.24, 2.45) is 0 Å². The minimum Gasteiger partial charge on any atom is -0.378 e. The Morgan fingerprint density at radius 2 is 2.04 bits per heavy atom. The number of morpholine rings is 1. The summed E-state index contributed by atoms with van der Waals surface area (Å²) in [6, 6.07) is 9.23. The van der Waals surface area contributed by atoms with Crippen molar-refractivity contribution >= 4 is 55.6 Å². The highest BCUT2D eigenvalue weighted by molar-refractivity contribution is 7.22. The van der Waals surface area contributed by atoms with Crippen LogP contribution in [0.25, 0.3) is 10.2 Å². The molecule has 0 unspecified atom stereocenters. The van der Waals surface area contributed by atoms with E-state index in [1.807, 2.05) is 12.1 Å². The molecule has 0 radical (unpaired) electrons. The van der Waals surface area contributed by atoms with Crippen LogP contribution in [0.3, 0.4) is 0 Å². The van der Waals surface area contributed by atoms with Gasteiger partial charge in [0.1, 0.15) is 0 Å². The number of anilines is 2. The Balaban J connectivity index is 1.54. The number of amides is 1. The second-order valence-corrected chi connectivity index (χ2v) is 7.57. The van der Waals surface area contributed by atoms with Gasteiger partial charge in [-0.05, 0) is 24.3 Å². The van der Waals surface area contributed by atoms with E-state index in [1.54, 1.807) is 17.4 Å². The van der Waals surface area contributed by atoms with Crippen LogP contribution in [0.1, 0.15) is 10.4 Å². The maximum absolute atomic E-state index is 12.5. The molecule has 1 N–H and O–H groups in total. The predicted octanol–water partition coefficient (Wildman–Crippen LogP) is 3.95. The smallest absolute Gasteiger partial charge is 0.270 e. The van der Waals surface area contributed by atoms with E-state index in [-0.39, 0.29) is 16.3 Å². The molecule has 144 valence electrons. The van der Waals surface area contributed by atoms with Gasteiger partial charge in [0.05, 0.1) is 38.9 Å². The molecule has 0 bridgehead atoms. The highest BCUT2D eigenvalue weighted by atomic mass is 35.5. The summed E-state index contributed by atoms with van der Waals surface area (Å²) in [5.41, 5.74) is 1.47. The van der Waals surface area contributed by atoms with Gasteiger partial charge in [0.2, 0.25) is 0 Å². The van der Waals surface area contributed by atoms with Gasteiger partial charge in [-0.15, -0.1) is 0 Å². The highest BCUT2D eigenvalue weighted by Crippen LogP contribution is 2.31. The average molecular weight is 419 g/mol. The first-order chi connectivity index (χ1) is 13.5. The van der Waals surface area contributed by atoms with E-state index in [9.17, 15) is 14.9 Å². The van der Waals surface area contributed by atoms with Crippen LogP contribution >= 0.6 is 22.9 Å². The maximum atomic E-state index is 12.5. The van der Waals surface area contributed by atoms with Crippen molar-refractivity contribution < 1.29 is 14.5 Å². The fourth-order valence-corrected chi connectivity index (χ4v) is 4.20. The molecular weight excluding hydrogens is 404 g/mol. The molecule has 1 aromatic heterocycles. The highest BCUT2D eigenvalue weighted by Gasteiger charge is 2.17. The predicted molar refractivity (Wildman–Crippen MR) is 109 cm³/mol. The molecule has 1 amide bonds. The fraction of sp³-hybridized carbons (Fsp3) is 0.222. The second-order valence-electron chi connectivity index (χ2n) is 6.15. The number of ether oxygens (including phenoxy) is 1. The number of thiazole rings is 1. The van der Waals surface area contributed by atoms with Crippen molar-refractivity contribution in [3.05, 3.63) is 57.1 Å². The summed E-state index contributed by atoms with van der Waals surface area (Å²) in [6.07, 6.45) is 0. The van der Waals surface area contributed by atoms with Crippen LogP contribution in [0.4, 0.5) is 16.5 Å². The topological polar surface area (TPSA) is 97.6 Å². The lowest BCUT2D eigenvalue weighted by molar-refractivity contribution is -0.384. The zero-order valence-electron chi connectivity index (χ0n) is 14.6. The summed E-state index contributed by atoms with van der Waals surface area (Å²) in [7, 11) is 0. The molecule has 1 aliphatic rings. The van der Waals surface area contributed by atoms with Gasteiger partial charge in [0, 0.05) is 30.9 Å². The first-order valence-corrected chi connectivity index (χ1v) is 9.69. The summed E-state index contributed by atoms with van der Waals surface area (Å²) in [5.74, 6) is -0.433. The Morgan fingerprint density at radius 1 is 1.25 bits per heavy atom. The molecule has 0 aliphatic carbocycles. The Kier molecular flexibility index (Phi) is 5.12. The van der Waals surface area contributed by atoms with Gasteiger partial charge in [0.15, 0.2) is 5.13 Å². The quantitative estimate of drug-likeness (QED) is 0.509.